The average molecular weight is 443 g/mol. The van der Waals surface area contributed by atoms with Crippen molar-refractivity contribution in [1.29, 1.82) is 0 Å². The maximum Gasteiger partial charge on any atom is 0.339 e. The van der Waals surface area contributed by atoms with E-state index in [-0.39, 0.29) is 36.5 Å². The van der Waals surface area contributed by atoms with Crippen LogP contribution < -0.4 is 0 Å². The number of esters is 1. The Labute approximate surface area is 185 Å². The number of nitrogens with zero attached hydrogens (tertiary/aromatic N) is 4. The molecular formula is C22H23ClN4O4. The molecule has 0 atom stereocenters. The van der Waals surface area contributed by atoms with Crippen LogP contribution in [-0.4, -0.2) is 45.1 Å². The van der Waals surface area contributed by atoms with Crippen molar-refractivity contribution in [3.63, 3.8) is 0 Å². The lowest BCUT2D eigenvalue weighted by Gasteiger charge is -2.20. The van der Waals surface area contributed by atoms with Gasteiger partial charge in [0.25, 0.3) is 5.91 Å². The van der Waals surface area contributed by atoms with Gasteiger partial charge in [0.15, 0.2) is 0 Å². The summed E-state index contributed by atoms with van der Waals surface area (Å²) in [6.45, 7) is 6.24. The Balaban J connectivity index is 1.79. The number of pyridine rings is 1. The molecule has 0 fully saturated rings. The summed E-state index contributed by atoms with van der Waals surface area (Å²) in [6, 6.07) is 10.2. The summed E-state index contributed by atoms with van der Waals surface area (Å²) in [7, 11) is 0. The number of aryl methyl sites for hydroxylation is 1. The number of carbonyl (C=O) groups is 2. The van der Waals surface area contributed by atoms with Gasteiger partial charge in [-0.2, -0.15) is 0 Å². The molecule has 162 valence electrons. The molecule has 0 bridgehead atoms. The lowest BCUT2D eigenvalue weighted by molar-refractivity contribution is 0.0524. The number of hydrogen-bond donors (Lipinski definition) is 0. The van der Waals surface area contributed by atoms with Crippen LogP contribution in [-0.2, 0) is 11.3 Å². The van der Waals surface area contributed by atoms with Crippen LogP contribution >= 0.6 is 11.6 Å². The molecule has 0 saturated carbocycles. The van der Waals surface area contributed by atoms with Gasteiger partial charge < -0.3 is 14.1 Å². The first-order valence-electron chi connectivity index (χ1n) is 9.95. The third kappa shape index (κ3) is 5.27. The van der Waals surface area contributed by atoms with Crippen molar-refractivity contribution in [3.05, 3.63) is 64.3 Å². The molecule has 2 heterocycles. The number of amides is 1. The normalized spacial score (nSPS) is 10.7. The Morgan fingerprint density at radius 3 is 2.58 bits per heavy atom. The van der Waals surface area contributed by atoms with Gasteiger partial charge in [-0.1, -0.05) is 30.7 Å². The van der Waals surface area contributed by atoms with Gasteiger partial charge in [0, 0.05) is 6.54 Å². The molecule has 0 unspecified atom stereocenters. The molecule has 1 aromatic carbocycles. The van der Waals surface area contributed by atoms with Crippen molar-refractivity contribution < 1.29 is 18.7 Å². The van der Waals surface area contributed by atoms with Crippen LogP contribution in [0.4, 0.5) is 0 Å². The van der Waals surface area contributed by atoms with E-state index in [2.05, 4.69) is 15.2 Å². The summed E-state index contributed by atoms with van der Waals surface area (Å²) < 4.78 is 10.7. The molecule has 0 N–H and O–H groups in total. The van der Waals surface area contributed by atoms with Gasteiger partial charge in [0.2, 0.25) is 11.8 Å². The van der Waals surface area contributed by atoms with Gasteiger partial charge in [0.1, 0.15) is 5.69 Å². The molecule has 2 aromatic heterocycles. The average Bonchev–Trinajstić information content (AvgIpc) is 3.21. The second-order valence-corrected chi connectivity index (χ2v) is 7.16. The first kappa shape index (κ1) is 22.4. The minimum atomic E-state index is -0.463. The topological polar surface area (TPSA) is 98.4 Å². The molecule has 1 amide bonds. The minimum absolute atomic E-state index is 0.129. The van der Waals surface area contributed by atoms with Gasteiger partial charge in [-0.15, -0.1) is 10.2 Å². The molecule has 9 heteroatoms. The monoisotopic (exact) mass is 442 g/mol. The minimum Gasteiger partial charge on any atom is -0.462 e. The summed E-state index contributed by atoms with van der Waals surface area (Å²) in [5, 5.41) is 8.61. The number of aromatic nitrogens is 3. The van der Waals surface area contributed by atoms with E-state index in [1.54, 1.807) is 36.9 Å². The highest BCUT2D eigenvalue weighted by Crippen LogP contribution is 2.26. The molecule has 0 saturated heterocycles. The van der Waals surface area contributed by atoms with E-state index in [4.69, 9.17) is 20.8 Å². The van der Waals surface area contributed by atoms with Crippen LogP contribution in [0.5, 0.6) is 0 Å². The Kier molecular flexibility index (Phi) is 7.36. The molecule has 0 radical (unpaired) electrons. The third-order valence-corrected chi connectivity index (χ3v) is 4.81. The number of ether oxygens (including phenoxy) is 1. The zero-order valence-corrected chi connectivity index (χ0v) is 18.3. The van der Waals surface area contributed by atoms with Crippen LogP contribution in [0.1, 0.15) is 52.7 Å². The zero-order valence-electron chi connectivity index (χ0n) is 17.6. The fourth-order valence-corrected chi connectivity index (χ4v) is 3.23. The van der Waals surface area contributed by atoms with E-state index in [1.807, 2.05) is 19.1 Å². The molecular weight excluding hydrogens is 420 g/mol. The molecule has 31 heavy (non-hydrogen) atoms. The first-order valence-corrected chi connectivity index (χ1v) is 10.3. The quantitative estimate of drug-likeness (QED) is 0.479. The molecule has 3 aromatic rings. The molecule has 0 aliphatic carbocycles. The van der Waals surface area contributed by atoms with Gasteiger partial charge in [-0.05, 0) is 44.5 Å². The predicted molar refractivity (Wildman–Crippen MR) is 115 cm³/mol. The van der Waals surface area contributed by atoms with Gasteiger partial charge in [0.05, 0.1) is 35.0 Å². The van der Waals surface area contributed by atoms with Crippen molar-refractivity contribution in [2.75, 3.05) is 13.2 Å². The smallest absolute Gasteiger partial charge is 0.339 e. The number of rotatable bonds is 8. The zero-order chi connectivity index (χ0) is 22.4. The summed E-state index contributed by atoms with van der Waals surface area (Å²) in [4.78, 5) is 30.9. The second-order valence-electron chi connectivity index (χ2n) is 6.76. The lowest BCUT2D eigenvalue weighted by atomic mass is 10.1. The van der Waals surface area contributed by atoms with Gasteiger partial charge in [-0.25, -0.2) is 9.78 Å². The van der Waals surface area contributed by atoms with Crippen molar-refractivity contribution in [3.8, 4) is 11.5 Å². The molecule has 8 nitrogen and oxygen atoms in total. The molecule has 3 rings (SSSR count). The Bertz CT molecular complexity index is 1080. The van der Waals surface area contributed by atoms with Crippen molar-refractivity contribution >= 4 is 23.5 Å². The predicted octanol–water partition coefficient (Wildman–Crippen LogP) is 4.32. The van der Waals surface area contributed by atoms with E-state index in [0.717, 1.165) is 6.42 Å². The highest BCUT2D eigenvalue weighted by Gasteiger charge is 2.22. The number of benzene rings is 1. The number of hydrogen-bond acceptors (Lipinski definition) is 7. The Morgan fingerprint density at radius 1 is 1.13 bits per heavy atom. The van der Waals surface area contributed by atoms with Gasteiger partial charge in [-0.3, -0.25) is 4.79 Å². The fourth-order valence-electron chi connectivity index (χ4n) is 3.01. The van der Waals surface area contributed by atoms with E-state index >= 15 is 0 Å². The molecule has 0 aliphatic heterocycles. The van der Waals surface area contributed by atoms with Crippen LogP contribution in [0, 0.1) is 6.92 Å². The third-order valence-electron chi connectivity index (χ3n) is 4.48. The van der Waals surface area contributed by atoms with Crippen LogP contribution in [0.3, 0.4) is 0 Å². The van der Waals surface area contributed by atoms with Crippen LogP contribution in [0.2, 0.25) is 5.02 Å². The summed E-state index contributed by atoms with van der Waals surface area (Å²) in [5.74, 6) is -0.179. The van der Waals surface area contributed by atoms with Crippen molar-refractivity contribution in [2.24, 2.45) is 0 Å². The first-order chi connectivity index (χ1) is 14.9. The van der Waals surface area contributed by atoms with E-state index < -0.39 is 5.97 Å². The largest absolute Gasteiger partial charge is 0.462 e. The Hall–Kier alpha value is -3.26. The van der Waals surface area contributed by atoms with Crippen LogP contribution in [0.15, 0.2) is 40.8 Å². The molecule has 0 spiro atoms. The summed E-state index contributed by atoms with van der Waals surface area (Å²) in [5.41, 5.74) is 1.62. The fraction of sp³-hybridized carbons (Fsp3) is 0.318. The standard InChI is InChI=1S/C22H23ClN4O4/c1-4-12-27(13-19-25-26-20(31-19)16-8-6-7-9-17(16)23)21(28)18-11-10-15(14(3)24-18)22(29)30-5-2/h6-11H,4-5,12-13H2,1-3H3. The van der Waals surface area contributed by atoms with Crippen molar-refractivity contribution in [2.45, 2.75) is 33.7 Å². The number of carbonyl (C=O) groups excluding carboxylic acids is 2. The van der Waals surface area contributed by atoms with Crippen LogP contribution in [0.25, 0.3) is 11.5 Å². The van der Waals surface area contributed by atoms with E-state index in [0.29, 0.717) is 28.4 Å². The van der Waals surface area contributed by atoms with E-state index in [1.165, 1.54) is 6.07 Å². The summed E-state index contributed by atoms with van der Waals surface area (Å²) in [6.07, 6.45) is 0.733. The maximum absolute atomic E-state index is 13.1. The number of halogens is 1. The Morgan fingerprint density at radius 2 is 1.90 bits per heavy atom. The highest BCUT2D eigenvalue weighted by atomic mass is 35.5. The second kappa shape index (κ2) is 10.2. The van der Waals surface area contributed by atoms with Gasteiger partial charge >= 0.3 is 5.97 Å². The SMILES string of the molecule is CCCN(Cc1nnc(-c2ccccc2Cl)o1)C(=O)c1ccc(C(=O)OCC)c(C)n1. The van der Waals surface area contributed by atoms with Crippen molar-refractivity contribution in [1.82, 2.24) is 20.1 Å². The highest BCUT2D eigenvalue weighted by molar-refractivity contribution is 6.33. The lowest BCUT2D eigenvalue weighted by Crippen LogP contribution is -2.32. The van der Waals surface area contributed by atoms with E-state index in [9.17, 15) is 9.59 Å². The maximum atomic E-state index is 13.1. The molecule has 0 aliphatic rings. The summed E-state index contributed by atoms with van der Waals surface area (Å²) >= 11 is 6.19.